The summed E-state index contributed by atoms with van der Waals surface area (Å²) in [6, 6.07) is 10.3. The third kappa shape index (κ3) is 4.02. The molecule has 0 unspecified atom stereocenters. The SMILES string of the molecule is COc1ccc(CN2C[C@@H]3CC[C@H](C2)N(C(=O)c2cc(C)nc(C)n2)C3)cc1. The van der Waals surface area contributed by atoms with Crippen LogP contribution in [-0.4, -0.2) is 58.5 Å². The Morgan fingerprint density at radius 1 is 1.11 bits per heavy atom. The lowest BCUT2D eigenvalue weighted by Gasteiger charge is -2.36. The van der Waals surface area contributed by atoms with Crippen LogP contribution in [0.1, 0.15) is 40.4 Å². The molecule has 2 atom stereocenters. The summed E-state index contributed by atoms with van der Waals surface area (Å²) >= 11 is 0. The molecular formula is C22H28N4O2. The number of carbonyl (C=O) groups is 1. The maximum Gasteiger partial charge on any atom is 0.272 e. The van der Waals surface area contributed by atoms with Gasteiger partial charge in [0, 0.05) is 37.9 Å². The van der Waals surface area contributed by atoms with E-state index in [4.69, 9.17) is 4.74 Å². The zero-order valence-electron chi connectivity index (χ0n) is 16.9. The lowest BCUT2D eigenvalue weighted by atomic mass is 9.94. The Bertz CT molecular complexity index is 832. The van der Waals surface area contributed by atoms with Gasteiger partial charge in [-0.1, -0.05) is 12.1 Å². The van der Waals surface area contributed by atoms with Crippen molar-refractivity contribution in [3.05, 3.63) is 53.1 Å². The van der Waals surface area contributed by atoms with Crippen LogP contribution < -0.4 is 4.74 Å². The van der Waals surface area contributed by atoms with Crippen LogP contribution >= 0.6 is 0 Å². The predicted molar refractivity (Wildman–Crippen MR) is 107 cm³/mol. The molecule has 0 N–H and O–H groups in total. The number of aryl methyl sites for hydroxylation is 2. The summed E-state index contributed by atoms with van der Waals surface area (Å²) in [4.78, 5) is 26.4. The highest BCUT2D eigenvalue weighted by Gasteiger charge is 2.37. The van der Waals surface area contributed by atoms with Crippen LogP contribution in [-0.2, 0) is 6.54 Å². The molecule has 3 aliphatic rings. The van der Waals surface area contributed by atoms with Gasteiger partial charge in [0.25, 0.3) is 5.91 Å². The smallest absolute Gasteiger partial charge is 0.272 e. The number of aromatic nitrogens is 2. The van der Waals surface area contributed by atoms with Gasteiger partial charge < -0.3 is 9.64 Å². The minimum atomic E-state index is 0.0506. The highest BCUT2D eigenvalue weighted by molar-refractivity contribution is 5.92. The van der Waals surface area contributed by atoms with Gasteiger partial charge in [0.1, 0.15) is 17.3 Å². The molecule has 0 spiro atoms. The highest BCUT2D eigenvalue weighted by atomic mass is 16.5. The molecular weight excluding hydrogens is 352 g/mol. The van der Waals surface area contributed by atoms with Crippen molar-refractivity contribution < 1.29 is 9.53 Å². The predicted octanol–water partition coefficient (Wildman–Crippen LogP) is 2.84. The van der Waals surface area contributed by atoms with Crippen molar-refractivity contribution >= 4 is 5.91 Å². The monoisotopic (exact) mass is 380 g/mol. The van der Waals surface area contributed by atoms with Gasteiger partial charge in [-0.05, 0) is 56.4 Å². The number of hydrogen-bond donors (Lipinski definition) is 0. The molecule has 1 aromatic carbocycles. The minimum Gasteiger partial charge on any atom is -0.497 e. The van der Waals surface area contributed by atoms with Crippen molar-refractivity contribution in [1.29, 1.82) is 0 Å². The largest absolute Gasteiger partial charge is 0.497 e. The highest BCUT2D eigenvalue weighted by Crippen LogP contribution is 2.30. The molecule has 3 fully saturated rings. The van der Waals surface area contributed by atoms with Crippen LogP contribution in [0.25, 0.3) is 0 Å². The first-order chi connectivity index (χ1) is 13.5. The Morgan fingerprint density at radius 2 is 1.89 bits per heavy atom. The zero-order chi connectivity index (χ0) is 19.7. The molecule has 3 aliphatic heterocycles. The first-order valence-electron chi connectivity index (χ1n) is 10.0. The van der Waals surface area contributed by atoms with Crippen LogP contribution in [0.4, 0.5) is 0 Å². The van der Waals surface area contributed by atoms with E-state index < -0.39 is 0 Å². The van der Waals surface area contributed by atoms with E-state index >= 15 is 0 Å². The number of ether oxygens (including phenoxy) is 1. The molecule has 6 heteroatoms. The van der Waals surface area contributed by atoms with Crippen LogP contribution in [0, 0.1) is 19.8 Å². The number of rotatable bonds is 4. The lowest BCUT2D eigenvalue weighted by Crippen LogP contribution is -2.47. The van der Waals surface area contributed by atoms with Gasteiger partial charge in [0.15, 0.2) is 0 Å². The third-order valence-corrected chi connectivity index (χ3v) is 5.80. The van der Waals surface area contributed by atoms with Crippen molar-refractivity contribution in [2.24, 2.45) is 5.92 Å². The molecule has 3 saturated heterocycles. The number of nitrogens with zero attached hydrogens (tertiary/aromatic N) is 4. The number of piperidine rings is 1. The van der Waals surface area contributed by atoms with E-state index in [2.05, 4.69) is 31.9 Å². The Kier molecular flexibility index (Phi) is 5.31. The number of amides is 1. The quantitative estimate of drug-likeness (QED) is 0.816. The fraction of sp³-hybridized carbons (Fsp3) is 0.500. The number of methoxy groups -OCH3 is 1. The van der Waals surface area contributed by atoms with Crippen molar-refractivity contribution in [2.45, 2.75) is 39.3 Å². The second-order valence-electron chi connectivity index (χ2n) is 8.04. The Balaban J connectivity index is 1.48. The van der Waals surface area contributed by atoms with E-state index in [9.17, 15) is 4.79 Å². The fourth-order valence-electron chi connectivity index (χ4n) is 4.52. The van der Waals surface area contributed by atoms with Gasteiger partial charge in [-0.3, -0.25) is 9.69 Å². The van der Waals surface area contributed by atoms with Gasteiger partial charge in [-0.2, -0.15) is 0 Å². The van der Waals surface area contributed by atoms with E-state index in [1.54, 1.807) is 7.11 Å². The first kappa shape index (κ1) is 18.9. The summed E-state index contributed by atoms with van der Waals surface area (Å²) in [6.45, 7) is 7.44. The van der Waals surface area contributed by atoms with Crippen LogP contribution in [0.5, 0.6) is 5.75 Å². The normalized spacial score (nSPS) is 22.2. The van der Waals surface area contributed by atoms with Crippen LogP contribution in [0.3, 0.4) is 0 Å². The van der Waals surface area contributed by atoms with Crippen molar-refractivity contribution in [1.82, 2.24) is 19.8 Å². The minimum absolute atomic E-state index is 0.0506. The molecule has 0 saturated carbocycles. The summed E-state index contributed by atoms with van der Waals surface area (Å²) in [7, 11) is 1.69. The average molecular weight is 380 g/mol. The first-order valence-corrected chi connectivity index (χ1v) is 10.0. The number of fused-ring (bicyclic) bond motifs is 4. The Morgan fingerprint density at radius 3 is 2.61 bits per heavy atom. The maximum absolute atomic E-state index is 13.2. The maximum atomic E-state index is 13.2. The topological polar surface area (TPSA) is 58.6 Å². The molecule has 2 aromatic rings. The van der Waals surface area contributed by atoms with Gasteiger partial charge >= 0.3 is 0 Å². The van der Waals surface area contributed by atoms with Gasteiger partial charge in [-0.25, -0.2) is 9.97 Å². The second-order valence-corrected chi connectivity index (χ2v) is 8.04. The molecule has 0 radical (unpaired) electrons. The molecule has 0 aliphatic carbocycles. The Hall–Kier alpha value is -2.47. The van der Waals surface area contributed by atoms with Gasteiger partial charge in [0.2, 0.25) is 0 Å². The van der Waals surface area contributed by atoms with E-state index in [0.29, 0.717) is 17.4 Å². The molecule has 4 heterocycles. The number of benzene rings is 1. The van der Waals surface area contributed by atoms with Crippen molar-refractivity contribution in [2.75, 3.05) is 26.7 Å². The molecule has 5 rings (SSSR count). The molecule has 6 nitrogen and oxygen atoms in total. The summed E-state index contributed by atoms with van der Waals surface area (Å²) in [5.74, 6) is 2.11. The molecule has 148 valence electrons. The summed E-state index contributed by atoms with van der Waals surface area (Å²) < 4.78 is 5.25. The van der Waals surface area contributed by atoms with E-state index in [0.717, 1.165) is 44.0 Å². The second kappa shape index (κ2) is 7.87. The van der Waals surface area contributed by atoms with Crippen molar-refractivity contribution in [3.8, 4) is 5.75 Å². The van der Waals surface area contributed by atoms with Gasteiger partial charge in [0.05, 0.1) is 7.11 Å². The number of hydrogen-bond acceptors (Lipinski definition) is 5. The van der Waals surface area contributed by atoms with Crippen molar-refractivity contribution in [3.63, 3.8) is 0 Å². The summed E-state index contributed by atoms with van der Waals surface area (Å²) in [6.07, 6.45) is 2.26. The fourth-order valence-corrected chi connectivity index (χ4v) is 4.52. The zero-order valence-corrected chi connectivity index (χ0v) is 16.9. The van der Waals surface area contributed by atoms with Gasteiger partial charge in [-0.15, -0.1) is 0 Å². The molecule has 28 heavy (non-hydrogen) atoms. The summed E-state index contributed by atoms with van der Waals surface area (Å²) in [5.41, 5.74) is 2.65. The van der Waals surface area contributed by atoms with Crippen LogP contribution in [0.15, 0.2) is 30.3 Å². The Labute approximate surface area is 166 Å². The molecule has 2 bridgehead atoms. The number of carbonyl (C=O) groups excluding carboxylic acids is 1. The molecule has 1 amide bonds. The summed E-state index contributed by atoms with van der Waals surface area (Å²) in [5, 5.41) is 0. The lowest BCUT2D eigenvalue weighted by molar-refractivity contribution is 0.0578. The molecule has 1 aromatic heterocycles. The van der Waals surface area contributed by atoms with E-state index in [1.165, 1.54) is 12.0 Å². The average Bonchev–Trinajstić information content (AvgIpc) is 2.98. The van der Waals surface area contributed by atoms with E-state index in [1.807, 2.05) is 32.0 Å². The third-order valence-electron chi connectivity index (χ3n) is 5.80. The standard InChI is InChI=1S/C22H28N4O2/c1-15-10-21(24-16(2)23-15)22(27)26-13-18-4-7-19(26)14-25(12-18)11-17-5-8-20(28-3)9-6-17/h5-6,8-10,18-19H,4,7,11-14H2,1-3H3/t18-,19+/m0/s1. The van der Waals surface area contributed by atoms with Crippen LogP contribution in [0.2, 0.25) is 0 Å². The van der Waals surface area contributed by atoms with E-state index in [-0.39, 0.29) is 11.9 Å².